The number of hydrogen-bond donors (Lipinski definition) is 0. The molecule has 68 valence electrons. The highest BCUT2D eigenvalue weighted by Crippen LogP contribution is 2.32. The van der Waals surface area contributed by atoms with Gasteiger partial charge >= 0.3 is 0 Å². The van der Waals surface area contributed by atoms with E-state index in [1.54, 1.807) is 0 Å². The minimum atomic E-state index is 0.269. The fourth-order valence-electron chi connectivity index (χ4n) is 1.88. The molecule has 0 bridgehead atoms. The Morgan fingerprint density at radius 1 is 1.23 bits per heavy atom. The van der Waals surface area contributed by atoms with Crippen molar-refractivity contribution >= 4 is 6.21 Å². The quantitative estimate of drug-likeness (QED) is 0.496. The molecule has 2 rings (SSSR count). The molecule has 0 aromatic heterocycles. The summed E-state index contributed by atoms with van der Waals surface area (Å²) in [5.41, 5.74) is 1.76. The molecule has 0 aliphatic carbocycles. The molecular weight excluding hydrogens is 158 g/mol. The van der Waals surface area contributed by atoms with Crippen LogP contribution in [-0.2, 0) is 0 Å². The van der Waals surface area contributed by atoms with Gasteiger partial charge in [-0.2, -0.15) is 4.58 Å². The molecule has 0 amide bonds. The number of allylic oxidation sites excluding steroid dienone is 3. The Morgan fingerprint density at radius 3 is 2.69 bits per heavy atom. The van der Waals surface area contributed by atoms with Crippen LogP contribution in [0.15, 0.2) is 36.1 Å². The zero-order valence-corrected chi connectivity index (χ0v) is 8.49. The Balaban J connectivity index is 2.31. The van der Waals surface area contributed by atoms with Crippen LogP contribution >= 0.6 is 0 Å². The minimum absolute atomic E-state index is 0.269. The molecule has 1 atom stereocenters. The normalized spacial score (nSPS) is 25.6. The first-order valence-corrected chi connectivity index (χ1v) is 4.77. The summed E-state index contributed by atoms with van der Waals surface area (Å²) in [6.07, 6.45) is 13.0. The first-order chi connectivity index (χ1) is 6.09. The summed E-state index contributed by atoms with van der Waals surface area (Å²) in [5.74, 6) is 0. The summed E-state index contributed by atoms with van der Waals surface area (Å²) in [6.45, 7) is 6.80. The number of nitrogens with zero attached hydrogens (tertiary/aromatic N) is 1. The molecule has 1 unspecified atom stereocenters. The average molecular weight is 174 g/mol. The molecule has 0 aromatic rings. The zero-order valence-electron chi connectivity index (χ0n) is 8.49. The minimum Gasteiger partial charge on any atom is -0.195 e. The second-order valence-electron chi connectivity index (χ2n) is 4.64. The highest BCUT2D eigenvalue weighted by atomic mass is 15.0. The molecule has 2 aliphatic heterocycles. The molecule has 0 saturated heterocycles. The Morgan fingerprint density at radius 2 is 2.00 bits per heavy atom. The van der Waals surface area contributed by atoms with Crippen molar-refractivity contribution < 1.29 is 4.58 Å². The van der Waals surface area contributed by atoms with E-state index in [9.17, 15) is 0 Å². The van der Waals surface area contributed by atoms with E-state index in [0.717, 1.165) is 0 Å². The Bertz CT molecular complexity index is 335. The van der Waals surface area contributed by atoms with Crippen LogP contribution in [-0.4, -0.2) is 16.8 Å². The number of hydrogen-bond acceptors (Lipinski definition) is 0. The van der Waals surface area contributed by atoms with E-state index < -0.39 is 0 Å². The Labute approximate surface area is 79.8 Å². The maximum atomic E-state index is 2.27. The van der Waals surface area contributed by atoms with E-state index in [-0.39, 0.29) is 5.41 Å². The van der Waals surface area contributed by atoms with Crippen LogP contribution in [0.25, 0.3) is 0 Å². The molecule has 0 radical (unpaired) electrons. The van der Waals surface area contributed by atoms with Gasteiger partial charge in [0.05, 0.1) is 0 Å². The van der Waals surface area contributed by atoms with Gasteiger partial charge in [0.25, 0.3) is 0 Å². The maximum absolute atomic E-state index is 2.27. The van der Waals surface area contributed by atoms with Crippen molar-refractivity contribution in [1.29, 1.82) is 0 Å². The van der Waals surface area contributed by atoms with Gasteiger partial charge in [-0.25, -0.2) is 0 Å². The molecule has 2 aliphatic rings. The van der Waals surface area contributed by atoms with Crippen molar-refractivity contribution in [1.82, 2.24) is 0 Å². The van der Waals surface area contributed by atoms with Crippen LogP contribution in [0.4, 0.5) is 0 Å². The molecule has 13 heavy (non-hydrogen) atoms. The molecule has 1 heteroatoms. The van der Waals surface area contributed by atoms with E-state index in [0.29, 0.717) is 6.04 Å². The monoisotopic (exact) mass is 174 g/mol. The summed E-state index contributed by atoms with van der Waals surface area (Å²) in [6, 6.07) is 0.463. The largest absolute Gasteiger partial charge is 0.199 e. The zero-order chi connectivity index (χ0) is 9.47. The van der Waals surface area contributed by atoms with Crippen molar-refractivity contribution in [2.75, 3.05) is 0 Å². The van der Waals surface area contributed by atoms with Gasteiger partial charge in [0.15, 0.2) is 18.5 Å². The van der Waals surface area contributed by atoms with Gasteiger partial charge in [0, 0.05) is 17.7 Å². The van der Waals surface area contributed by atoms with Gasteiger partial charge in [-0.05, 0) is 11.5 Å². The number of fused-ring (bicyclic) bond motifs is 1. The standard InChI is InChI=1S/C12H16N/c1-12(2,3)10-7-9-13-8-5-4-6-11(10)13/h4-9,11H,1-3H3/q+1. The highest BCUT2D eigenvalue weighted by molar-refractivity contribution is 5.71. The lowest BCUT2D eigenvalue weighted by molar-refractivity contribution is -0.470. The summed E-state index contributed by atoms with van der Waals surface area (Å²) in [4.78, 5) is 0. The van der Waals surface area contributed by atoms with E-state index in [4.69, 9.17) is 0 Å². The topological polar surface area (TPSA) is 3.01 Å². The van der Waals surface area contributed by atoms with Gasteiger partial charge in [-0.15, -0.1) is 0 Å². The van der Waals surface area contributed by atoms with Crippen LogP contribution in [0, 0.1) is 5.41 Å². The predicted octanol–water partition coefficient (Wildman–Crippen LogP) is 2.51. The molecule has 0 spiro atoms. The van der Waals surface area contributed by atoms with Crippen molar-refractivity contribution in [3.8, 4) is 0 Å². The van der Waals surface area contributed by atoms with Gasteiger partial charge in [0.1, 0.15) is 0 Å². The third-order valence-corrected chi connectivity index (χ3v) is 2.59. The lowest BCUT2D eigenvalue weighted by Gasteiger charge is -2.23. The van der Waals surface area contributed by atoms with Crippen LogP contribution in [0.5, 0.6) is 0 Å². The highest BCUT2D eigenvalue weighted by Gasteiger charge is 2.34. The third-order valence-electron chi connectivity index (χ3n) is 2.59. The van der Waals surface area contributed by atoms with E-state index in [1.807, 2.05) is 0 Å². The predicted molar refractivity (Wildman–Crippen MR) is 55.9 cm³/mol. The van der Waals surface area contributed by atoms with Crippen LogP contribution in [0.3, 0.4) is 0 Å². The van der Waals surface area contributed by atoms with Gasteiger partial charge in [-0.3, -0.25) is 0 Å². The second kappa shape index (κ2) is 2.69. The summed E-state index contributed by atoms with van der Waals surface area (Å²) in [7, 11) is 0. The molecule has 0 saturated carbocycles. The lowest BCUT2D eigenvalue weighted by Crippen LogP contribution is -2.26. The van der Waals surface area contributed by atoms with Crippen LogP contribution < -0.4 is 0 Å². The van der Waals surface area contributed by atoms with E-state index in [1.165, 1.54) is 5.57 Å². The molecule has 0 fully saturated rings. The van der Waals surface area contributed by atoms with Gasteiger partial charge in [-0.1, -0.05) is 26.8 Å². The van der Waals surface area contributed by atoms with Crippen molar-refractivity contribution in [3.63, 3.8) is 0 Å². The van der Waals surface area contributed by atoms with E-state index >= 15 is 0 Å². The number of rotatable bonds is 0. The fourth-order valence-corrected chi connectivity index (χ4v) is 1.88. The smallest absolute Gasteiger partial charge is 0.195 e. The van der Waals surface area contributed by atoms with Crippen LogP contribution in [0.2, 0.25) is 0 Å². The first kappa shape index (κ1) is 8.49. The Hall–Kier alpha value is -1.11. The molecule has 0 aromatic carbocycles. The van der Waals surface area contributed by atoms with Crippen molar-refractivity contribution in [2.45, 2.75) is 26.8 Å². The first-order valence-electron chi connectivity index (χ1n) is 4.77. The summed E-state index contributed by atoms with van der Waals surface area (Å²) in [5, 5.41) is 0. The lowest BCUT2D eigenvalue weighted by atomic mass is 9.82. The second-order valence-corrected chi connectivity index (χ2v) is 4.64. The SMILES string of the molecule is CC(C)(C)C1=CC=[N+]2C=CC=CC12. The maximum Gasteiger partial charge on any atom is 0.199 e. The van der Waals surface area contributed by atoms with Gasteiger partial charge < -0.3 is 0 Å². The van der Waals surface area contributed by atoms with Crippen molar-refractivity contribution in [2.24, 2.45) is 5.41 Å². The molecule has 1 nitrogen and oxygen atoms in total. The van der Waals surface area contributed by atoms with E-state index in [2.05, 4.69) is 62.1 Å². The summed E-state index contributed by atoms with van der Waals surface area (Å²) < 4.78 is 2.25. The molecule has 0 N–H and O–H groups in total. The average Bonchev–Trinajstić information content (AvgIpc) is 2.45. The van der Waals surface area contributed by atoms with Crippen molar-refractivity contribution in [3.05, 3.63) is 36.1 Å². The molecule has 2 heterocycles. The Kier molecular flexibility index (Phi) is 1.76. The van der Waals surface area contributed by atoms with Crippen LogP contribution in [0.1, 0.15) is 20.8 Å². The molecular formula is C12H16N+. The summed E-state index contributed by atoms with van der Waals surface area (Å²) >= 11 is 0. The third kappa shape index (κ3) is 1.39. The van der Waals surface area contributed by atoms with Gasteiger partial charge in [0.2, 0.25) is 0 Å². The fraction of sp³-hybridized carbons (Fsp3) is 0.417.